The third-order valence-corrected chi connectivity index (χ3v) is 1.32. The van der Waals surface area contributed by atoms with Crippen LogP contribution in [0.25, 0.3) is 0 Å². The molecule has 0 bridgehead atoms. The highest BCUT2D eigenvalue weighted by molar-refractivity contribution is 5.44. The molecule has 1 aromatic rings. The van der Waals surface area contributed by atoms with Crippen molar-refractivity contribution < 1.29 is 13.2 Å². The first-order valence-corrected chi connectivity index (χ1v) is 4.18. The zero-order valence-electron chi connectivity index (χ0n) is 8.26. The number of halogens is 3. The predicted octanol–water partition coefficient (Wildman–Crippen LogP) is 2.58. The number of nitrogens with zero attached hydrogens (tertiary/aromatic N) is 2. The van der Waals surface area contributed by atoms with Gasteiger partial charge in [0, 0.05) is 0 Å². The van der Waals surface area contributed by atoms with Gasteiger partial charge in [-0.3, -0.25) is 0 Å². The van der Waals surface area contributed by atoms with E-state index >= 15 is 0 Å². The van der Waals surface area contributed by atoms with Gasteiger partial charge < -0.3 is 5.73 Å². The Morgan fingerprint density at radius 3 is 2.33 bits per heavy atom. The molecule has 0 fully saturated rings. The van der Waals surface area contributed by atoms with Gasteiger partial charge in [0.1, 0.15) is 6.07 Å². The van der Waals surface area contributed by atoms with Crippen LogP contribution < -0.4 is 5.73 Å². The molecule has 1 rings (SSSR count). The molecule has 1 heterocycles. The molecule has 0 saturated heterocycles. The van der Waals surface area contributed by atoms with Crippen molar-refractivity contribution in [2.75, 3.05) is 5.73 Å². The Morgan fingerprint density at radius 2 is 1.93 bits per heavy atom. The van der Waals surface area contributed by atoms with Crippen LogP contribution in [-0.4, -0.2) is 4.98 Å². The summed E-state index contributed by atoms with van der Waals surface area (Å²) in [7, 11) is 0. The summed E-state index contributed by atoms with van der Waals surface area (Å²) in [5, 5.41) is 8.32. The lowest BCUT2D eigenvalue weighted by Crippen LogP contribution is -2.09. The van der Waals surface area contributed by atoms with Crippen molar-refractivity contribution in [3.63, 3.8) is 0 Å². The quantitative estimate of drug-likeness (QED) is 0.726. The number of nitrogens with two attached hydrogens (primary N) is 1. The number of aromatic nitrogens is 1. The van der Waals surface area contributed by atoms with Gasteiger partial charge >= 0.3 is 6.18 Å². The first kappa shape index (κ1) is 13.2. The summed E-state index contributed by atoms with van der Waals surface area (Å²) in [5.74, 6) is 0. The first-order valence-electron chi connectivity index (χ1n) is 4.18. The number of nitriles is 1. The van der Waals surface area contributed by atoms with Crippen LogP contribution in [0.4, 0.5) is 18.9 Å². The molecule has 0 aliphatic rings. The van der Waals surface area contributed by atoms with Gasteiger partial charge in [0.15, 0.2) is 5.69 Å². The monoisotopic (exact) mass is 217 g/mol. The predicted molar refractivity (Wildman–Crippen MR) is 49.7 cm³/mol. The Morgan fingerprint density at radius 1 is 1.40 bits per heavy atom. The molecule has 3 nitrogen and oxygen atoms in total. The molecule has 0 atom stereocenters. The molecular weight excluding hydrogens is 207 g/mol. The van der Waals surface area contributed by atoms with Gasteiger partial charge in [-0.1, -0.05) is 13.8 Å². The summed E-state index contributed by atoms with van der Waals surface area (Å²) < 4.78 is 36.5. The van der Waals surface area contributed by atoms with Gasteiger partial charge in [-0.2, -0.15) is 18.4 Å². The highest BCUT2D eigenvalue weighted by Gasteiger charge is 2.34. The zero-order valence-corrected chi connectivity index (χ0v) is 8.26. The molecule has 0 aromatic carbocycles. The summed E-state index contributed by atoms with van der Waals surface area (Å²) in [6.45, 7) is 4.00. The lowest BCUT2D eigenvalue weighted by atomic mass is 10.2. The number of pyridine rings is 1. The minimum absolute atomic E-state index is 0.119. The molecule has 82 valence electrons. The highest BCUT2D eigenvalue weighted by Crippen LogP contribution is 2.31. The Balaban J connectivity index is 0.000000921. The number of rotatable bonds is 0. The summed E-state index contributed by atoms with van der Waals surface area (Å²) in [6.07, 6.45) is -3.58. The second-order valence-corrected chi connectivity index (χ2v) is 2.27. The fourth-order valence-electron chi connectivity index (χ4n) is 0.786. The number of hydrogen-bond acceptors (Lipinski definition) is 3. The van der Waals surface area contributed by atoms with Crippen LogP contribution in [0.2, 0.25) is 0 Å². The second-order valence-electron chi connectivity index (χ2n) is 2.27. The minimum Gasteiger partial charge on any atom is -0.397 e. The lowest BCUT2D eigenvalue weighted by Gasteiger charge is -2.07. The van der Waals surface area contributed by atoms with Gasteiger partial charge in [0.05, 0.1) is 17.4 Å². The largest absolute Gasteiger partial charge is 0.419 e. The summed E-state index contributed by atoms with van der Waals surface area (Å²) in [6, 6.07) is 2.03. The maximum absolute atomic E-state index is 12.2. The molecule has 6 heteroatoms. The fraction of sp³-hybridized carbons (Fsp3) is 0.333. The van der Waals surface area contributed by atoms with Gasteiger partial charge in [-0.25, -0.2) is 4.98 Å². The van der Waals surface area contributed by atoms with E-state index in [-0.39, 0.29) is 5.69 Å². The zero-order chi connectivity index (χ0) is 12.1. The summed E-state index contributed by atoms with van der Waals surface area (Å²) in [4.78, 5) is 3.26. The van der Waals surface area contributed by atoms with Crippen LogP contribution in [0.3, 0.4) is 0 Å². The van der Waals surface area contributed by atoms with Crippen molar-refractivity contribution in [2.24, 2.45) is 0 Å². The fourth-order valence-corrected chi connectivity index (χ4v) is 0.786. The Bertz CT molecular complexity index is 366. The second kappa shape index (κ2) is 5.20. The highest BCUT2D eigenvalue weighted by atomic mass is 19.4. The molecule has 0 aliphatic carbocycles. The maximum atomic E-state index is 12.2. The average Bonchev–Trinajstić information content (AvgIpc) is 2.19. The van der Waals surface area contributed by atoms with E-state index in [4.69, 9.17) is 11.0 Å². The Hall–Kier alpha value is -1.77. The van der Waals surface area contributed by atoms with Crippen LogP contribution in [0, 0.1) is 11.3 Å². The van der Waals surface area contributed by atoms with E-state index in [2.05, 4.69) is 4.98 Å². The van der Waals surface area contributed by atoms with E-state index in [1.807, 2.05) is 13.8 Å². The van der Waals surface area contributed by atoms with Crippen LogP contribution >= 0.6 is 0 Å². The van der Waals surface area contributed by atoms with Crippen LogP contribution in [0.15, 0.2) is 12.3 Å². The smallest absolute Gasteiger partial charge is 0.397 e. The third kappa shape index (κ3) is 3.46. The van der Waals surface area contributed by atoms with E-state index in [1.165, 1.54) is 6.07 Å². The SMILES string of the molecule is CC.N#Cc1ncc(N)cc1C(F)(F)F. The number of anilines is 1. The van der Waals surface area contributed by atoms with E-state index < -0.39 is 17.4 Å². The van der Waals surface area contributed by atoms with E-state index in [0.29, 0.717) is 6.07 Å². The van der Waals surface area contributed by atoms with E-state index in [1.54, 1.807) is 0 Å². The molecule has 0 spiro atoms. The molecule has 0 saturated carbocycles. The molecule has 0 aliphatic heterocycles. The normalized spacial score (nSPS) is 9.87. The third-order valence-electron chi connectivity index (χ3n) is 1.32. The standard InChI is InChI=1S/C7H4F3N3.C2H6/c8-7(9,10)5-1-4(12)3-13-6(5)2-11;1-2/h1,3H,12H2;1-2H3. The Kier molecular flexibility index (Phi) is 4.58. The maximum Gasteiger partial charge on any atom is 0.419 e. The Labute approximate surface area is 85.3 Å². The van der Waals surface area contributed by atoms with Crippen molar-refractivity contribution in [2.45, 2.75) is 20.0 Å². The minimum atomic E-state index is -4.59. The lowest BCUT2D eigenvalue weighted by molar-refractivity contribution is -0.138. The summed E-state index contributed by atoms with van der Waals surface area (Å²) in [5.41, 5.74) is 3.22. The van der Waals surface area contributed by atoms with Gasteiger partial charge in [-0.15, -0.1) is 0 Å². The number of nitrogen functional groups attached to an aromatic ring is 1. The topological polar surface area (TPSA) is 62.7 Å². The van der Waals surface area contributed by atoms with E-state index in [0.717, 1.165) is 6.20 Å². The summed E-state index contributed by atoms with van der Waals surface area (Å²) >= 11 is 0. The van der Waals surface area contributed by atoms with Gasteiger partial charge in [-0.05, 0) is 6.07 Å². The van der Waals surface area contributed by atoms with Crippen molar-refractivity contribution in [1.82, 2.24) is 4.98 Å². The molecule has 1 aromatic heterocycles. The van der Waals surface area contributed by atoms with Gasteiger partial charge in [0.2, 0.25) is 0 Å². The molecule has 0 radical (unpaired) electrons. The molecule has 2 N–H and O–H groups in total. The molecule has 0 amide bonds. The van der Waals surface area contributed by atoms with Crippen molar-refractivity contribution in [3.8, 4) is 6.07 Å². The van der Waals surface area contributed by atoms with Crippen molar-refractivity contribution >= 4 is 5.69 Å². The van der Waals surface area contributed by atoms with E-state index in [9.17, 15) is 13.2 Å². The molecule has 0 unspecified atom stereocenters. The van der Waals surface area contributed by atoms with Crippen LogP contribution in [0.1, 0.15) is 25.1 Å². The van der Waals surface area contributed by atoms with Crippen LogP contribution in [0.5, 0.6) is 0 Å². The van der Waals surface area contributed by atoms with Crippen molar-refractivity contribution in [1.29, 1.82) is 5.26 Å². The average molecular weight is 217 g/mol. The van der Waals surface area contributed by atoms with Crippen LogP contribution in [-0.2, 0) is 6.18 Å². The number of alkyl halides is 3. The van der Waals surface area contributed by atoms with Gasteiger partial charge in [0.25, 0.3) is 0 Å². The number of hydrogen-bond donors (Lipinski definition) is 1. The molecule has 15 heavy (non-hydrogen) atoms. The first-order chi connectivity index (χ1) is 6.95. The van der Waals surface area contributed by atoms with Crippen molar-refractivity contribution in [3.05, 3.63) is 23.5 Å². The molecular formula is C9H10F3N3.